The average Bonchev–Trinajstić information content (AvgIpc) is 2.37. The summed E-state index contributed by atoms with van der Waals surface area (Å²) in [4.78, 5) is 13.7. The van der Waals surface area contributed by atoms with Crippen molar-refractivity contribution in [3.63, 3.8) is 0 Å². The largest absolute Gasteiger partial charge is 0.446 e. The van der Waals surface area contributed by atoms with E-state index in [0.717, 1.165) is 0 Å². The molecule has 110 valence electrons. The summed E-state index contributed by atoms with van der Waals surface area (Å²) < 4.78 is 37.4. The van der Waals surface area contributed by atoms with E-state index in [4.69, 9.17) is 0 Å². The number of nitrogens with zero attached hydrogens (tertiary/aromatic N) is 1. The molecule has 0 spiro atoms. The van der Waals surface area contributed by atoms with Crippen LogP contribution in [0.4, 0.5) is 13.2 Å². The zero-order valence-corrected chi connectivity index (χ0v) is 11.4. The molecule has 0 unspecified atom stereocenters. The second kappa shape index (κ2) is 6.05. The fourth-order valence-electron chi connectivity index (χ4n) is 2.10. The van der Waals surface area contributed by atoms with E-state index in [2.05, 4.69) is 0 Å². The van der Waals surface area contributed by atoms with Gasteiger partial charge >= 0.3 is 5.51 Å². The molecule has 20 heavy (non-hydrogen) atoms. The van der Waals surface area contributed by atoms with Crippen molar-refractivity contribution in [1.82, 2.24) is 4.90 Å². The molecule has 1 saturated heterocycles. The molecule has 1 amide bonds. The highest BCUT2D eigenvalue weighted by atomic mass is 32.2. The van der Waals surface area contributed by atoms with E-state index in [9.17, 15) is 23.1 Å². The normalized spacial score (nSPS) is 17.3. The minimum atomic E-state index is -4.42. The van der Waals surface area contributed by atoms with Gasteiger partial charge in [-0.25, -0.2) is 0 Å². The minimum absolute atomic E-state index is 0.0613. The van der Waals surface area contributed by atoms with Gasteiger partial charge in [-0.3, -0.25) is 4.79 Å². The predicted octanol–water partition coefficient (Wildman–Crippen LogP) is 2.90. The number of carbonyl (C=O) groups is 1. The highest BCUT2D eigenvalue weighted by Crippen LogP contribution is 2.38. The number of aliphatic hydroxyl groups excluding tert-OH is 1. The van der Waals surface area contributed by atoms with Crippen molar-refractivity contribution in [2.45, 2.75) is 29.3 Å². The van der Waals surface area contributed by atoms with Gasteiger partial charge in [-0.1, -0.05) is 12.1 Å². The minimum Gasteiger partial charge on any atom is -0.393 e. The Labute approximate surface area is 118 Å². The Bertz CT molecular complexity index is 485. The summed E-state index contributed by atoms with van der Waals surface area (Å²) in [7, 11) is 0. The second-order valence-electron chi connectivity index (χ2n) is 4.57. The SMILES string of the molecule is O=C(c1ccccc1SC(F)(F)F)N1CCC(O)CC1. The number of halogens is 3. The Kier molecular flexibility index (Phi) is 4.59. The van der Waals surface area contributed by atoms with Crippen molar-refractivity contribution in [2.24, 2.45) is 0 Å². The van der Waals surface area contributed by atoms with Gasteiger partial charge in [-0.2, -0.15) is 13.2 Å². The number of benzene rings is 1. The smallest absolute Gasteiger partial charge is 0.393 e. The van der Waals surface area contributed by atoms with Gasteiger partial charge in [0.25, 0.3) is 5.91 Å². The van der Waals surface area contributed by atoms with Crippen molar-refractivity contribution >= 4 is 17.7 Å². The summed E-state index contributed by atoms with van der Waals surface area (Å²) in [5.41, 5.74) is -4.36. The van der Waals surface area contributed by atoms with Crippen molar-refractivity contribution in [2.75, 3.05) is 13.1 Å². The third-order valence-corrected chi connectivity index (χ3v) is 3.90. The molecule has 0 radical (unpaired) electrons. The molecular formula is C13H14F3NO2S. The van der Waals surface area contributed by atoms with Crippen LogP contribution in [0, 0.1) is 0 Å². The molecule has 0 aromatic heterocycles. The van der Waals surface area contributed by atoms with Crippen LogP contribution in [0.15, 0.2) is 29.2 Å². The molecule has 3 nitrogen and oxygen atoms in total. The molecule has 0 atom stereocenters. The lowest BCUT2D eigenvalue weighted by molar-refractivity contribution is -0.0328. The molecule has 1 aliphatic rings. The zero-order chi connectivity index (χ0) is 14.8. The summed E-state index contributed by atoms with van der Waals surface area (Å²) >= 11 is -0.277. The van der Waals surface area contributed by atoms with Crippen molar-refractivity contribution in [3.05, 3.63) is 29.8 Å². The summed E-state index contributed by atoms with van der Waals surface area (Å²) in [5, 5.41) is 9.40. The lowest BCUT2D eigenvalue weighted by atomic mass is 10.1. The van der Waals surface area contributed by atoms with Crippen LogP contribution in [0.3, 0.4) is 0 Å². The molecule has 2 rings (SSSR count). The van der Waals surface area contributed by atoms with Gasteiger partial charge in [0.2, 0.25) is 0 Å². The summed E-state index contributed by atoms with van der Waals surface area (Å²) in [5.74, 6) is -0.413. The Balaban J connectivity index is 2.17. The maximum absolute atomic E-state index is 12.5. The van der Waals surface area contributed by atoms with Crippen LogP contribution in [-0.2, 0) is 0 Å². The van der Waals surface area contributed by atoms with Gasteiger partial charge in [-0.05, 0) is 36.7 Å². The van der Waals surface area contributed by atoms with Crippen LogP contribution in [0.25, 0.3) is 0 Å². The predicted molar refractivity (Wildman–Crippen MR) is 69.5 cm³/mol. The van der Waals surface area contributed by atoms with Crippen molar-refractivity contribution < 1.29 is 23.1 Å². The lowest BCUT2D eigenvalue weighted by Gasteiger charge is -2.30. The number of thioether (sulfide) groups is 1. The third-order valence-electron chi connectivity index (χ3n) is 3.09. The van der Waals surface area contributed by atoms with Crippen LogP contribution in [0.5, 0.6) is 0 Å². The number of hydrogen-bond acceptors (Lipinski definition) is 3. The van der Waals surface area contributed by atoms with Crippen LogP contribution in [0.1, 0.15) is 23.2 Å². The van der Waals surface area contributed by atoms with E-state index in [1.54, 1.807) is 6.07 Å². The van der Waals surface area contributed by atoms with Gasteiger partial charge in [0, 0.05) is 18.0 Å². The van der Waals surface area contributed by atoms with E-state index < -0.39 is 17.5 Å². The Morgan fingerprint density at radius 2 is 1.85 bits per heavy atom. The number of aliphatic hydroxyl groups is 1. The first-order chi connectivity index (χ1) is 9.37. The lowest BCUT2D eigenvalue weighted by Crippen LogP contribution is -2.40. The molecular weight excluding hydrogens is 291 g/mol. The maximum atomic E-state index is 12.5. The maximum Gasteiger partial charge on any atom is 0.446 e. The second-order valence-corrected chi connectivity index (χ2v) is 5.67. The van der Waals surface area contributed by atoms with Gasteiger partial charge in [0.1, 0.15) is 0 Å². The van der Waals surface area contributed by atoms with Crippen LogP contribution < -0.4 is 0 Å². The van der Waals surface area contributed by atoms with Crippen LogP contribution in [-0.4, -0.2) is 40.6 Å². The van der Waals surface area contributed by atoms with Crippen molar-refractivity contribution in [1.29, 1.82) is 0 Å². The van der Waals surface area contributed by atoms with Crippen molar-refractivity contribution in [3.8, 4) is 0 Å². The molecule has 1 aliphatic heterocycles. The monoisotopic (exact) mass is 305 g/mol. The fourth-order valence-corrected chi connectivity index (χ4v) is 2.76. The summed E-state index contributed by atoms with van der Waals surface area (Å²) in [6.07, 6.45) is 0.486. The average molecular weight is 305 g/mol. The number of amides is 1. The number of alkyl halides is 3. The first-order valence-electron chi connectivity index (χ1n) is 6.19. The standard InChI is InChI=1S/C13H14F3NO2S/c14-13(15,16)20-11-4-2-1-3-10(11)12(19)17-7-5-9(18)6-8-17/h1-4,9,18H,5-8H2. The van der Waals surface area contributed by atoms with Gasteiger partial charge in [-0.15, -0.1) is 0 Å². The molecule has 1 aromatic carbocycles. The first kappa shape index (κ1) is 15.2. The first-order valence-corrected chi connectivity index (χ1v) is 7.00. The van der Waals surface area contributed by atoms with E-state index in [1.165, 1.54) is 23.1 Å². The van der Waals surface area contributed by atoms with E-state index >= 15 is 0 Å². The van der Waals surface area contributed by atoms with Gasteiger partial charge in [0.15, 0.2) is 0 Å². The molecule has 0 saturated carbocycles. The quantitative estimate of drug-likeness (QED) is 0.854. The number of piperidine rings is 1. The molecule has 1 heterocycles. The summed E-state index contributed by atoms with van der Waals surface area (Å²) in [6.45, 7) is 0.732. The van der Waals surface area contributed by atoms with E-state index in [-0.39, 0.29) is 22.2 Å². The zero-order valence-electron chi connectivity index (χ0n) is 10.6. The van der Waals surface area contributed by atoms with E-state index in [1.807, 2.05) is 0 Å². The number of carbonyl (C=O) groups excluding carboxylic acids is 1. The Hall–Kier alpha value is -1.21. The topological polar surface area (TPSA) is 40.5 Å². The molecule has 0 aliphatic carbocycles. The van der Waals surface area contributed by atoms with Crippen LogP contribution >= 0.6 is 11.8 Å². The van der Waals surface area contributed by atoms with E-state index in [0.29, 0.717) is 25.9 Å². The van der Waals surface area contributed by atoms with Gasteiger partial charge < -0.3 is 10.0 Å². The molecule has 1 N–H and O–H groups in total. The Morgan fingerprint density at radius 3 is 2.45 bits per heavy atom. The molecule has 1 fully saturated rings. The number of likely N-dealkylation sites (tertiary alicyclic amines) is 1. The number of hydrogen-bond donors (Lipinski definition) is 1. The highest BCUT2D eigenvalue weighted by molar-refractivity contribution is 8.00. The third kappa shape index (κ3) is 3.89. The molecule has 7 heteroatoms. The van der Waals surface area contributed by atoms with Crippen LogP contribution in [0.2, 0.25) is 0 Å². The number of rotatable bonds is 2. The van der Waals surface area contributed by atoms with Gasteiger partial charge in [0.05, 0.1) is 11.7 Å². The molecule has 1 aromatic rings. The summed E-state index contributed by atoms with van der Waals surface area (Å²) in [6, 6.07) is 5.73. The fraction of sp³-hybridized carbons (Fsp3) is 0.462. The highest BCUT2D eigenvalue weighted by Gasteiger charge is 2.32. The molecule has 0 bridgehead atoms. The Morgan fingerprint density at radius 1 is 1.25 bits per heavy atom.